The van der Waals surface area contributed by atoms with E-state index < -0.39 is 0 Å². The van der Waals surface area contributed by atoms with Crippen molar-refractivity contribution in [3.05, 3.63) is 34.5 Å². The Morgan fingerprint density at radius 2 is 2.14 bits per heavy atom. The second-order valence-corrected chi connectivity index (χ2v) is 4.66. The lowest BCUT2D eigenvalue weighted by Crippen LogP contribution is -1.96. The van der Waals surface area contributed by atoms with Crippen LogP contribution in [0.2, 0.25) is 0 Å². The van der Waals surface area contributed by atoms with Gasteiger partial charge in [-0.2, -0.15) is 0 Å². The second-order valence-electron chi connectivity index (χ2n) is 2.63. The molecule has 4 heteroatoms. The minimum Gasteiger partial charge on any atom is -0.465 e. The lowest BCUT2D eigenvalue weighted by Gasteiger charge is -1.92. The molecule has 0 aliphatic heterocycles. The van der Waals surface area contributed by atoms with Gasteiger partial charge in [0.05, 0.1) is 7.11 Å². The number of thiophene rings is 2. The molecule has 2 nitrogen and oxygen atoms in total. The predicted molar refractivity (Wildman–Crippen MR) is 59.0 cm³/mol. The zero-order chi connectivity index (χ0) is 9.97. The molecule has 0 saturated heterocycles. The van der Waals surface area contributed by atoms with Crippen molar-refractivity contribution in [3.63, 3.8) is 0 Å². The third-order valence-corrected chi connectivity index (χ3v) is 3.89. The first kappa shape index (κ1) is 9.43. The molecular weight excluding hydrogens is 216 g/mol. The Labute approximate surface area is 89.8 Å². The Morgan fingerprint density at radius 3 is 2.79 bits per heavy atom. The van der Waals surface area contributed by atoms with E-state index in [1.807, 2.05) is 23.6 Å². The van der Waals surface area contributed by atoms with Gasteiger partial charge in [-0.1, -0.05) is 6.07 Å². The lowest BCUT2D eigenvalue weighted by atomic mass is 10.4. The molecule has 0 atom stereocenters. The van der Waals surface area contributed by atoms with E-state index in [4.69, 9.17) is 0 Å². The molecule has 72 valence electrons. The summed E-state index contributed by atoms with van der Waals surface area (Å²) in [6.07, 6.45) is 0. The number of rotatable bonds is 2. The molecule has 0 aliphatic rings. The molecule has 14 heavy (non-hydrogen) atoms. The molecule has 0 unspecified atom stereocenters. The zero-order valence-electron chi connectivity index (χ0n) is 7.52. The first-order chi connectivity index (χ1) is 6.81. The number of hydrogen-bond acceptors (Lipinski definition) is 4. The van der Waals surface area contributed by atoms with Gasteiger partial charge in [0.1, 0.15) is 4.88 Å². The van der Waals surface area contributed by atoms with Crippen LogP contribution >= 0.6 is 22.7 Å². The molecule has 0 aliphatic carbocycles. The van der Waals surface area contributed by atoms with E-state index >= 15 is 0 Å². The van der Waals surface area contributed by atoms with Gasteiger partial charge in [0.2, 0.25) is 0 Å². The van der Waals surface area contributed by atoms with Crippen molar-refractivity contribution >= 4 is 28.6 Å². The Morgan fingerprint density at radius 1 is 1.29 bits per heavy atom. The van der Waals surface area contributed by atoms with Crippen molar-refractivity contribution in [2.45, 2.75) is 0 Å². The first-order valence-corrected chi connectivity index (χ1v) is 5.73. The minimum absolute atomic E-state index is 0.266. The molecule has 2 heterocycles. The van der Waals surface area contributed by atoms with Gasteiger partial charge >= 0.3 is 5.97 Å². The second kappa shape index (κ2) is 3.94. The highest BCUT2D eigenvalue weighted by Crippen LogP contribution is 2.31. The normalized spacial score (nSPS) is 10.1. The van der Waals surface area contributed by atoms with E-state index in [0.29, 0.717) is 4.88 Å². The van der Waals surface area contributed by atoms with E-state index in [2.05, 4.69) is 4.74 Å². The summed E-state index contributed by atoms with van der Waals surface area (Å²) in [6.45, 7) is 0. The van der Waals surface area contributed by atoms with E-state index in [1.165, 1.54) is 23.3 Å². The number of carbonyl (C=O) groups excluding carboxylic acids is 1. The maximum absolute atomic E-state index is 11.2. The van der Waals surface area contributed by atoms with E-state index in [-0.39, 0.29) is 5.97 Å². The van der Waals surface area contributed by atoms with Crippen LogP contribution < -0.4 is 0 Å². The molecule has 0 radical (unpaired) electrons. The molecule has 0 spiro atoms. The summed E-state index contributed by atoms with van der Waals surface area (Å²) < 4.78 is 4.64. The lowest BCUT2D eigenvalue weighted by molar-refractivity contribution is 0.0606. The number of methoxy groups -OCH3 is 1. The van der Waals surface area contributed by atoms with Gasteiger partial charge in [-0.15, -0.1) is 22.7 Å². The van der Waals surface area contributed by atoms with Crippen LogP contribution in [0.1, 0.15) is 9.67 Å². The van der Waals surface area contributed by atoms with E-state index in [9.17, 15) is 4.79 Å². The van der Waals surface area contributed by atoms with Crippen LogP contribution in [0.15, 0.2) is 29.6 Å². The standard InChI is InChI=1S/C10H8O2S2/c1-12-10(11)9-5-4-8(14-9)7-3-2-6-13-7/h2-6H,1H3. The van der Waals surface area contributed by atoms with Crippen LogP contribution in [0.25, 0.3) is 9.75 Å². The van der Waals surface area contributed by atoms with Crippen LogP contribution in [-0.2, 0) is 4.74 Å². The summed E-state index contributed by atoms with van der Waals surface area (Å²) in [5, 5.41) is 2.02. The van der Waals surface area contributed by atoms with Gasteiger partial charge in [-0.25, -0.2) is 4.79 Å². The summed E-state index contributed by atoms with van der Waals surface area (Å²) in [7, 11) is 1.40. The fourth-order valence-corrected chi connectivity index (χ4v) is 2.86. The number of carbonyl (C=O) groups is 1. The molecule has 0 saturated carbocycles. The maximum Gasteiger partial charge on any atom is 0.348 e. The molecule has 0 N–H and O–H groups in total. The van der Waals surface area contributed by atoms with Gasteiger partial charge in [0.15, 0.2) is 0 Å². The van der Waals surface area contributed by atoms with E-state index in [0.717, 1.165) is 4.88 Å². The third kappa shape index (κ3) is 1.71. The molecular formula is C10H8O2S2. The highest BCUT2D eigenvalue weighted by atomic mass is 32.1. The zero-order valence-corrected chi connectivity index (χ0v) is 9.15. The van der Waals surface area contributed by atoms with Gasteiger partial charge in [0.25, 0.3) is 0 Å². The average molecular weight is 224 g/mol. The van der Waals surface area contributed by atoms with Gasteiger partial charge in [-0.05, 0) is 23.6 Å². The third-order valence-electron chi connectivity index (χ3n) is 1.76. The number of hydrogen-bond donors (Lipinski definition) is 0. The number of ether oxygens (including phenoxy) is 1. The monoisotopic (exact) mass is 224 g/mol. The Bertz CT molecular complexity index is 429. The van der Waals surface area contributed by atoms with Crippen LogP contribution in [0, 0.1) is 0 Å². The highest BCUT2D eigenvalue weighted by molar-refractivity contribution is 7.22. The minimum atomic E-state index is -0.266. The van der Waals surface area contributed by atoms with Crippen LogP contribution in [-0.4, -0.2) is 13.1 Å². The SMILES string of the molecule is COC(=O)c1ccc(-c2cccs2)s1. The smallest absolute Gasteiger partial charge is 0.348 e. The molecule has 2 aromatic rings. The van der Waals surface area contributed by atoms with Crippen molar-refractivity contribution in [1.29, 1.82) is 0 Å². The van der Waals surface area contributed by atoms with Gasteiger partial charge in [-0.3, -0.25) is 0 Å². The fraction of sp³-hybridized carbons (Fsp3) is 0.100. The van der Waals surface area contributed by atoms with Gasteiger partial charge in [0, 0.05) is 9.75 Å². The van der Waals surface area contributed by atoms with Crippen molar-refractivity contribution in [2.24, 2.45) is 0 Å². The predicted octanol–water partition coefficient (Wildman–Crippen LogP) is 3.26. The largest absolute Gasteiger partial charge is 0.465 e. The quantitative estimate of drug-likeness (QED) is 0.732. The van der Waals surface area contributed by atoms with Crippen LogP contribution in [0.3, 0.4) is 0 Å². The maximum atomic E-state index is 11.2. The molecule has 2 rings (SSSR count). The average Bonchev–Trinajstić information content (AvgIpc) is 2.86. The van der Waals surface area contributed by atoms with Crippen molar-refractivity contribution in [3.8, 4) is 9.75 Å². The Balaban J connectivity index is 2.31. The van der Waals surface area contributed by atoms with Crippen LogP contribution in [0.5, 0.6) is 0 Å². The summed E-state index contributed by atoms with van der Waals surface area (Å²) >= 11 is 3.13. The van der Waals surface area contributed by atoms with Gasteiger partial charge < -0.3 is 4.74 Å². The summed E-state index contributed by atoms with van der Waals surface area (Å²) in [6, 6.07) is 7.78. The highest BCUT2D eigenvalue weighted by Gasteiger charge is 2.10. The Kier molecular flexibility index (Phi) is 2.65. The molecule has 0 aromatic carbocycles. The summed E-state index contributed by atoms with van der Waals surface area (Å²) in [5.74, 6) is -0.266. The number of esters is 1. The topological polar surface area (TPSA) is 26.3 Å². The molecule has 2 aromatic heterocycles. The fourth-order valence-electron chi connectivity index (χ4n) is 1.10. The van der Waals surface area contributed by atoms with Crippen LogP contribution in [0.4, 0.5) is 0 Å². The summed E-state index contributed by atoms with van der Waals surface area (Å²) in [4.78, 5) is 14.1. The van der Waals surface area contributed by atoms with Crippen molar-refractivity contribution in [2.75, 3.05) is 7.11 Å². The van der Waals surface area contributed by atoms with E-state index in [1.54, 1.807) is 17.4 Å². The molecule has 0 fully saturated rings. The van der Waals surface area contributed by atoms with Crippen molar-refractivity contribution < 1.29 is 9.53 Å². The molecule has 0 amide bonds. The summed E-state index contributed by atoms with van der Waals surface area (Å²) in [5.41, 5.74) is 0. The van der Waals surface area contributed by atoms with Crippen molar-refractivity contribution in [1.82, 2.24) is 0 Å². The Hall–Kier alpha value is -1.13. The molecule has 0 bridgehead atoms. The first-order valence-electron chi connectivity index (χ1n) is 4.03.